The predicted octanol–water partition coefficient (Wildman–Crippen LogP) is 3.12. The molecule has 0 radical (unpaired) electrons. The van der Waals surface area contributed by atoms with E-state index in [2.05, 4.69) is 15.4 Å². The third kappa shape index (κ3) is 4.24. The van der Waals surface area contributed by atoms with Crippen molar-refractivity contribution < 1.29 is 26.7 Å². The Morgan fingerprint density at radius 2 is 2.04 bits per heavy atom. The lowest BCUT2D eigenvalue weighted by molar-refractivity contribution is -0.141. The van der Waals surface area contributed by atoms with E-state index in [0.717, 1.165) is 16.9 Å². The summed E-state index contributed by atoms with van der Waals surface area (Å²) >= 11 is 0. The molecule has 0 saturated carbocycles. The van der Waals surface area contributed by atoms with E-state index in [1.807, 2.05) is 0 Å². The lowest BCUT2D eigenvalue weighted by Gasteiger charge is -2.09. The number of nitrogens with zero attached hydrogens (tertiary/aromatic N) is 3. The molecule has 124 valence electrons. The molecule has 0 spiro atoms. The molecule has 23 heavy (non-hydrogen) atoms. The number of alkyl halides is 5. The van der Waals surface area contributed by atoms with Gasteiger partial charge in [-0.1, -0.05) is 0 Å². The van der Waals surface area contributed by atoms with Crippen molar-refractivity contribution in [3.63, 3.8) is 0 Å². The van der Waals surface area contributed by atoms with Crippen LogP contribution in [0, 0.1) is 6.92 Å². The molecule has 2 heterocycles. The fourth-order valence-electron chi connectivity index (χ4n) is 1.83. The standard InChI is InChI=1S/C13H11F5N4O/c1-7-9(2-3-10(20-7)13(16,17)18)12(23)21-8-4-19-22(5-8)6-11(14)15/h2-5,11H,6H2,1H3,(H,21,23). The predicted molar refractivity (Wildman–Crippen MR) is 70.2 cm³/mol. The van der Waals surface area contributed by atoms with Crippen LogP contribution >= 0.6 is 0 Å². The summed E-state index contributed by atoms with van der Waals surface area (Å²) in [5, 5.41) is 5.99. The van der Waals surface area contributed by atoms with Gasteiger partial charge in [0, 0.05) is 6.20 Å². The van der Waals surface area contributed by atoms with Crippen LogP contribution in [0.15, 0.2) is 24.5 Å². The van der Waals surface area contributed by atoms with Gasteiger partial charge in [-0.15, -0.1) is 0 Å². The number of rotatable bonds is 4. The van der Waals surface area contributed by atoms with Gasteiger partial charge in [0.1, 0.15) is 12.2 Å². The van der Waals surface area contributed by atoms with Crippen LogP contribution in [0.2, 0.25) is 0 Å². The second kappa shape index (κ2) is 6.31. The minimum atomic E-state index is -4.60. The van der Waals surface area contributed by atoms with Gasteiger partial charge in [0.2, 0.25) is 0 Å². The van der Waals surface area contributed by atoms with Crippen LogP contribution in [0.1, 0.15) is 21.7 Å². The number of anilines is 1. The minimum Gasteiger partial charge on any atom is -0.319 e. The lowest BCUT2D eigenvalue weighted by Crippen LogP contribution is -2.16. The van der Waals surface area contributed by atoms with Gasteiger partial charge in [-0.2, -0.15) is 18.3 Å². The minimum absolute atomic E-state index is 0.0559. The molecule has 1 N–H and O–H groups in total. The van der Waals surface area contributed by atoms with E-state index in [4.69, 9.17) is 0 Å². The van der Waals surface area contributed by atoms with Gasteiger partial charge in [-0.25, -0.2) is 13.8 Å². The Kier molecular flexibility index (Phi) is 4.62. The van der Waals surface area contributed by atoms with Crippen LogP contribution < -0.4 is 5.32 Å². The first kappa shape index (κ1) is 16.8. The molecule has 0 aliphatic heterocycles. The Morgan fingerprint density at radius 1 is 1.35 bits per heavy atom. The summed E-state index contributed by atoms with van der Waals surface area (Å²) in [6, 6.07) is 1.70. The number of carbonyl (C=O) groups excluding carboxylic acids is 1. The van der Waals surface area contributed by atoms with Crippen molar-refractivity contribution in [2.45, 2.75) is 26.1 Å². The summed E-state index contributed by atoms with van der Waals surface area (Å²) in [5.41, 5.74) is -1.11. The van der Waals surface area contributed by atoms with Crippen LogP contribution in [-0.2, 0) is 12.7 Å². The number of halogens is 5. The van der Waals surface area contributed by atoms with Crippen molar-refractivity contribution in [2.75, 3.05) is 5.32 Å². The molecule has 1 amide bonds. The maximum absolute atomic E-state index is 12.5. The molecular formula is C13H11F5N4O. The highest BCUT2D eigenvalue weighted by Crippen LogP contribution is 2.28. The molecule has 0 bridgehead atoms. The molecule has 0 atom stereocenters. The molecule has 0 unspecified atom stereocenters. The van der Waals surface area contributed by atoms with Crippen molar-refractivity contribution in [1.29, 1.82) is 0 Å². The molecule has 0 aliphatic rings. The fraction of sp³-hybridized carbons (Fsp3) is 0.308. The average Bonchev–Trinajstić information content (AvgIpc) is 2.83. The van der Waals surface area contributed by atoms with E-state index in [0.29, 0.717) is 6.07 Å². The van der Waals surface area contributed by atoms with Gasteiger partial charge >= 0.3 is 6.18 Å². The maximum atomic E-state index is 12.5. The zero-order valence-corrected chi connectivity index (χ0v) is 11.7. The van der Waals surface area contributed by atoms with E-state index < -0.39 is 30.7 Å². The summed E-state index contributed by atoms with van der Waals surface area (Å²) in [7, 11) is 0. The van der Waals surface area contributed by atoms with E-state index in [1.54, 1.807) is 0 Å². The number of hydrogen-bond donors (Lipinski definition) is 1. The van der Waals surface area contributed by atoms with Crippen LogP contribution in [0.3, 0.4) is 0 Å². The van der Waals surface area contributed by atoms with Crippen molar-refractivity contribution >= 4 is 11.6 Å². The molecule has 0 saturated heterocycles. The Morgan fingerprint density at radius 3 is 2.61 bits per heavy atom. The SMILES string of the molecule is Cc1nc(C(F)(F)F)ccc1C(=O)Nc1cnn(CC(F)F)c1. The van der Waals surface area contributed by atoms with Crippen molar-refractivity contribution in [3.8, 4) is 0 Å². The highest BCUT2D eigenvalue weighted by Gasteiger charge is 2.33. The Bertz CT molecular complexity index is 711. The van der Waals surface area contributed by atoms with Crippen molar-refractivity contribution in [1.82, 2.24) is 14.8 Å². The Balaban J connectivity index is 2.13. The smallest absolute Gasteiger partial charge is 0.319 e. The molecule has 2 aromatic heterocycles. The molecule has 2 rings (SSSR count). The summed E-state index contributed by atoms with van der Waals surface area (Å²) in [6.45, 7) is 0.640. The first-order valence-corrected chi connectivity index (χ1v) is 6.33. The number of carbonyl (C=O) groups is 1. The topological polar surface area (TPSA) is 59.8 Å². The van der Waals surface area contributed by atoms with Gasteiger partial charge < -0.3 is 5.32 Å². The van der Waals surface area contributed by atoms with E-state index >= 15 is 0 Å². The third-order valence-electron chi connectivity index (χ3n) is 2.84. The van der Waals surface area contributed by atoms with Gasteiger partial charge in [-0.3, -0.25) is 9.48 Å². The number of nitrogens with one attached hydrogen (secondary N) is 1. The van der Waals surface area contributed by atoms with E-state index in [9.17, 15) is 26.7 Å². The largest absolute Gasteiger partial charge is 0.433 e. The van der Waals surface area contributed by atoms with Gasteiger partial charge in [-0.05, 0) is 19.1 Å². The first-order chi connectivity index (χ1) is 10.7. The molecule has 10 heteroatoms. The van der Waals surface area contributed by atoms with Crippen LogP contribution in [0.4, 0.5) is 27.6 Å². The normalized spacial score (nSPS) is 11.8. The highest BCUT2D eigenvalue weighted by molar-refractivity contribution is 6.04. The van der Waals surface area contributed by atoms with Crippen molar-refractivity contribution in [2.24, 2.45) is 0 Å². The second-order valence-electron chi connectivity index (χ2n) is 4.62. The van der Waals surface area contributed by atoms with Crippen LogP contribution in [0.25, 0.3) is 0 Å². The highest BCUT2D eigenvalue weighted by atomic mass is 19.4. The van der Waals surface area contributed by atoms with E-state index in [1.165, 1.54) is 13.1 Å². The monoisotopic (exact) mass is 334 g/mol. The van der Waals surface area contributed by atoms with Crippen LogP contribution in [-0.4, -0.2) is 27.1 Å². The van der Waals surface area contributed by atoms with Gasteiger partial charge in [0.05, 0.1) is 23.1 Å². The number of amides is 1. The Hall–Kier alpha value is -2.52. The zero-order valence-electron chi connectivity index (χ0n) is 11.7. The van der Waals surface area contributed by atoms with Crippen LogP contribution in [0.5, 0.6) is 0 Å². The fourth-order valence-corrected chi connectivity index (χ4v) is 1.83. The molecule has 5 nitrogen and oxygen atoms in total. The number of aromatic nitrogens is 3. The molecule has 0 aromatic carbocycles. The first-order valence-electron chi connectivity index (χ1n) is 6.33. The zero-order chi connectivity index (χ0) is 17.2. The summed E-state index contributed by atoms with van der Waals surface area (Å²) in [5.74, 6) is -0.708. The van der Waals surface area contributed by atoms with Gasteiger partial charge in [0.25, 0.3) is 12.3 Å². The van der Waals surface area contributed by atoms with Gasteiger partial charge in [0.15, 0.2) is 0 Å². The number of pyridine rings is 1. The molecule has 0 fully saturated rings. The molecule has 0 aliphatic carbocycles. The maximum Gasteiger partial charge on any atom is 0.433 e. The number of aryl methyl sites for hydroxylation is 1. The van der Waals surface area contributed by atoms with Crippen molar-refractivity contribution in [3.05, 3.63) is 41.5 Å². The third-order valence-corrected chi connectivity index (χ3v) is 2.84. The molecule has 2 aromatic rings. The number of hydrogen-bond acceptors (Lipinski definition) is 3. The average molecular weight is 334 g/mol. The van der Waals surface area contributed by atoms with E-state index in [-0.39, 0.29) is 16.9 Å². The Labute approximate surface area is 127 Å². The quantitative estimate of drug-likeness (QED) is 0.874. The summed E-state index contributed by atoms with van der Waals surface area (Å²) in [6.07, 6.45) is -4.85. The summed E-state index contributed by atoms with van der Waals surface area (Å²) < 4.78 is 62.9. The molecular weight excluding hydrogens is 323 g/mol. The lowest BCUT2D eigenvalue weighted by atomic mass is 10.1. The summed E-state index contributed by atoms with van der Waals surface area (Å²) in [4.78, 5) is 15.4. The second-order valence-corrected chi connectivity index (χ2v) is 4.62.